The van der Waals surface area contributed by atoms with Crippen molar-refractivity contribution in [2.45, 2.75) is 32.1 Å². The average Bonchev–Trinajstić information content (AvgIpc) is 2.23. The fourth-order valence-electron chi connectivity index (χ4n) is 2.30. The summed E-state index contributed by atoms with van der Waals surface area (Å²) in [6, 6.07) is 10.6. The monoisotopic (exact) mass is 197 g/mol. The van der Waals surface area contributed by atoms with Crippen LogP contribution in [-0.4, -0.2) is 0 Å². The van der Waals surface area contributed by atoms with Crippen molar-refractivity contribution in [2.24, 2.45) is 0 Å². The highest BCUT2D eigenvalue weighted by molar-refractivity contribution is 5.73. The first kappa shape index (κ1) is 9.98. The topological polar surface area (TPSA) is 23.8 Å². The molecule has 0 aliphatic heterocycles. The summed E-state index contributed by atoms with van der Waals surface area (Å²) >= 11 is 0. The van der Waals surface area contributed by atoms with Gasteiger partial charge in [-0.05, 0) is 35.0 Å². The lowest BCUT2D eigenvalue weighted by Crippen LogP contribution is -2.23. The number of benzene rings is 1. The first-order valence-corrected chi connectivity index (χ1v) is 5.34. The smallest absolute Gasteiger partial charge is 0.0915 e. The molecule has 0 unspecified atom stereocenters. The fraction of sp³-hybridized carbons (Fsp3) is 0.357. The summed E-state index contributed by atoms with van der Waals surface area (Å²) in [4.78, 5) is 0. The van der Waals surface area contributed by atoms with E-state index in [0.717, 1.165) is 12.8 Å². The molecule has 0 spiro atoms. The Hall–Kier alpha value is -1.55. The summed E-state index contributed by atoms with van der Waals surface area (Å²) < 4.78 is 0. The molecule has 1 aliphatic carbocycles. The molecule has 0 atom stereocenters. The average molecular weight is 197 g/mol. The van der Waals surface area contributed by atoms with Crippen molar-refractivity contribution >= 4 is 5.57 Å². The SMILES string of the molecule is CC1(C)CC/C(=C\C#N)c2ccccc21. The Morgan fingerprint density at radius 2 is 2.07 bits per heavy atom. The van der Waals surface area contributed by atoms with Crippen molar-refractivity contribution in [2.75, 3.05) is 0 Å². The zero-order chi connectivity index (χ0) is 10.9. The van der Waals surface area contributed by atoms with Crippen molar-refractivity contribution in [3.8, 4) is 6.07 Å². The maximum absolute atomic E-state index is 8.75. The minimum atomic E-state index is 0.239. The molecular weight excluding hydrogens is 182 g/mol. The normalized spacial score (nSPS) is 20.7. The van der Waals surface area contributed by atoms with Crippen LogP contribution in [0.4, 0.5) is 0 Å². The van der Waals surface area contributed by atoms with Gasteiger partial charge in [-0.3, -0.25) is 0 Å². The molecule has 0 amide bonds. The molecule has 0 heterocycles. The lowest BCUT2D eigenvalue weighted by Gasteiger charge is -2.33. The second-order valence-electron chi connectivity index (χ2n) is 4.73. The fourth-order valence-corrected chi connectivity index (χ4v) is 2.30. The van der Waals surface area contributed by atoms with E-state index in [2.05, 4.69) is 38.1 Å². The van der Waals surface area contributed by atoms with E-state index < -0.39 is 0 Å². The van der Waals surface area contributed by atoms with E-state index in [-0.39, 0.29) is 5.41 Å². The van der Waals surface area contributed by atoms with Gasteiger partial charge in [-0.1, -0.05) is 38.1 Å². The van der Waals surface area contributed by atoms with E-state index in [0.29, 0.717) is 0 Å². The van der Waals surface area contributed by atoms with E-state index in [1.54, 1.807) is 6.08 Å². The molecule has 0 saturated heterocycles. The summed E-state index contributed by atoms with van der Waals surface area (Å²) in [5.74, 6) is 0. The summed E-state index contributed by atoms with van der Waals surface area (Å²) in [5.41, 5.74) is 4.06. The van der Waals surface area contributed by atoms with E-state index in [9.17, 15) is 0 Å². The van der Waals surface area contributed by atoms with E-state index in [1.165, 1.54) is 16.7 Å². The summed E-state index contributed by atoms with van der Waals surface area (Å²) in [5, 5.41) is 8.75. The molecule has 0 radical (unpaired) electrons. The lowest BCUT2D eigenvalue weighted by molar-refractivity contribution is 0.474. The molecule has 76 valence electrons. The third-order valence-electron chi connectivity index (χ3n) is 3.26. The van der Waals surface area contributed by atoms with Crippen molar-refractivity contribution in [1.82, 2.24) is 0 Å². The highest BCUT2D eigenvalue weighted by Gasteiger charge is 2.28. The Balaban J connectivity index is 2.60. The summed E-state index contributed by atoms with van der Waals surface area (Å²) in [6.07, 6.45) is 3.82. The lowest BCUT2D eigenvalue weighted by atomic mass is 9.71. The molecule has 0 bridgehead atoms. The van der Waals surface area contributed by atoms with Crippen molar-refractivity contribution in [1.29, 1.82) is 5.26 Å². The van der Waals surface area contributed by atoms with Crippen molar-refractivity contribution in [3.05, 3.63) is 41.5 Å². The molecule has 2 rings (SSSR count). The Morgan fingerprint density at radius 1 is 1.33 bits per heavy atom. The van der Waals surface area contributed by atoms with Gasteiger partial charge >= 0.3 is 0 Å². The number of allylic oxidation sites excluding steroid dienone is 2. The van der Waals surface area contributed by atoms with E-state index in [1.807, 2.05) is 6.07 Å². The Kier molecular flexibility index (Phi) is 2.36. The molecule has 15 heavy (non-hydrogen) atoms. The van der Waals surface area contributed by atoms with Gasteiger partial charge < -0.3 is 0 Å². The van der Waals surface area contributed by atoms with Gasteiger partial charge in [0.25, 0.3) is 0 Å². The van der Waals surface area contributed by atoms with Gasteiger partial charge in [-0.2, -0.15) is 5.26 Å². The molecule has 0 fully saturated rings. The van der Waals surface area contributed by atoms with Crippen LogP contribution in [0.1, 0.15) is 37.8 Å². The van der Waals surface area contributed by atoms with Crippen LogP contribution in [-0.2, 0) is 5.41 Å². The molecule has 1 nitrogen and oxygen atoms in total. The van der Waals surface area contributed by atoms with Gasteiger partial charge in [0.05, 0.1) is 6.07 Å². The van der Waals surface area contributed by atoms with E-state index >= 15 is 0 Å². The number of nitriles is 1. The second kappa shape index (κ2) is 3.55. The highest BCUT2D eigenvalue weighted by Crippen LogP contribution is 2.41. The number of rotatable bonds is 0. The largest absolute Gasteiger partial charge is 0.193 e. The Morgan fingerprint density at radius 3 is 2.80 bits per heavy atom. The molecule has 0 saturated carbocycles. The van der Waals surface area contributed by atoms with E-state index in [4.69, 9.17) is 5.26 Å². The zero-order valence-corrected chi connectivity index (χ0v) is 9.25. The molecule has 1 heteroatoms. The van der Waals surface area contributed by atoms with Crippen LogP contribution < -0.4 is 0 Å². The minimum Gasteiger partial charge on any atom is -0.193 e. The van der Waals surface area contributed by atoms with Gasteiger partial charge in [0.2, 0.25) is 0 Å². The van der Waals surface area contributed by atoms with Gasteiger partial charge in [-0.15, -0.1) is 0 Å². The van der Waals surface area contributed by atoms with Crippen LogP contribution in [0.5, 0.6) is 0 Å². The van der Waals surface area contributed by atoms with Crippen LogP contribution in [0.15, 0.2) is 30.3 Å². The summed E-state index contributed by atoms with van der Waals surface area (Å²) in [7, 11) is 0. The first-order chi connectivity index (χ1) is 7.15. The number of hydrogen-bond acceptors (Lipinski definition) is 1. The minimum absolute atomic E-state index is 0.239. The highest BCUT2D eigenvalue weighted by atomic mass is 14.3. The third-order valence-corrected chi connectivity index (χ3v) is 3.26. The van der Waals surface area contributed by atoms with Crippen LogP contribution in [0, 0.1) is 11.3 Å². The predicted octanol–water partition coefficient (Wildman–Crippen LogP) is 3.66. The van der Waals surface area contributed by atoms with Gasteiger partial charge in [0.1, 0.15) is 0 Å². The molecule has 0 aromatic heterocycles. The third kappa shape index (κ3) is 1.68. The molecule has 1 aliphatic rings. The van der Waals surface area contributed by atoms with Crippen LogP contribution >= 0.6 is 0 Å². The first-order valence-electron chi connectivity index (χ1n) is 5.34. The van der Waals surface area contributed by atoms with Gasteiger partial charge in [-0.25, -0.2) is 0 Å². The Bertz CT molecular complexity index is 447. The molecule has 0 N–H and O–H groups in total. The predicted molar refractivity (Wildman–Crippen MR) is 62.3 cm³/mol. The quantitative estimate of drug-likeness (QED) is 0.582. The standard InChI is InChI=1S/C14H15N/c1-14(2)9-7-11(8-10-15)12-5-3-4-6-13(12)14/h3-6,8H,7,9H2,1-2H3/b11-8+. The van der Waals surface area contributed by atoms with Crippen molar-refractivity contribution in [3.63, 3.8) is 0 Å². The maximum Gasteiger partial charge on any atom is 0.0915 e. The summed E-state index contributed by atoms with van der Waals surface area (Å²) in [6.45, 7) is 4.55. The van der Waals surface area contributed by atoms with Crippen LogP contribution in [0.3, 0.4) is 0 Å². The number of hydrogen-bond donors (Lipinski definition) is 0. The van der Waals surface area contributed by atoms with Crippen LogP contribution in [0.25, 0.3) is 5.57 Å². The second-order valence-corrected chi connectivity index (χ2v) is 4.73. The zero-order valence-electron chi connectivity index (χ0n) is 9.25. The number of nitrogens with zero attached hydrogens (tertiary/aromatic N) is 1. The maximum atomic E-state index is 8.75. The number of fused-ring (bicyclic) bond motifs is 1. The van der Waals surface area contributed by atoms with Gasteiger partial charge in [0, 0.05) is 6.08 Å². The Labute approximate surface area is 91.0 Å². The van der Waals surface area contributed by atoms with Gasteiger partial charge in [0.15, 0.2) is 0 Å². The van der Waals surface area contributed by atoms with Crippen LogP contribution in [0.2, 0.25) is 0 Å². The molecular formula is C14H15N. The molecule has 1 aromatic rings. The molecule has 1 aromatic carbocycles. The van der Waals surface area contributed by atoms with Crippen molar-refractivity contribution < 1.29 is 0 Å².